The lowest BCUT2D eigenvalue weighted by Gasteiger charge is -2.56. The summed E-state index contributed by atoms with van der Waals surface area (Å²) in [4.78, 5) is 50.0. The first-order chi connectivity index (χ1) is 15.6. The van der Waals surface area contributed by atoms with Crippen molar-refractivity contribution in [1.82, 2.24) is 0 Å². The van der Waals surface area contributed by atoms with Gasteiger partial charge in [-0.2, -0.15) is 0 Å². The van der Waals surface area contributed by atoms with Crippen molar-refractivity contribution in [2.45, 2.75) is 97.5 Å². The Bertz CT molecular complexity index is 889. The van der Waals surface area contributed by atoms with Crippen molar-refractivity contribution in [2.24, 2.45) is 28.6 Å². The van der Waals surface area contributed by atoms with E-state index in [4.69, 9.17) is 9.47 Å². The summed E-state index contributed by atoms with van der Waals surface area (Å²) in [5.41, 5.74) is -0.281. The number of hydrogen-bond donors (Lipinski definition) is 0. The first-order valence-electron chi connectivity index (χ1n) is 12.7. The fourth-order valence-electron chi connectivity index (χ4n) is 7.63. The van der Waals surface area contributed by atoms with Gasteiger partial charge in [0.2, 0.25) is 5.78 Å². The highest BCUT2D eigenvalue weighted by Crippen LogP contribution is 2.67. The summed E-state index contributed by atoms with van der Waals surface area (Å²) in [7, 11) is 0. The molecule has 4 rings (SSSR count). The van der Waals surface area contributed by atoms with Crippen LogP contribution in [0.2, 0.25) is 0 Å². The number of fused-ring (bicyclic) bond motifs is 5. The van der Waals surface area contributed by atoms with Crippen molar-refractivity contribution in [3.05, 3.63) is 11.6 Å². The van der Waals surface area contributed by atoms with Crippen LogP contribution in [0.25, 0.3) is 0 Å². The normalized spacial score (nSPS) is 39.6. The Balaban J connectivity index is 1.68. The van der Waals surface area contributed by atoms with Crippen LogP contribution in [0.1, 0.15) is 91.9 Å². The maximum atomic E-state index is 13.6. The van der Waals surface area contributed by atoms with E-state index in [0.717, 1.165) is 25.7 Å². The highest BCUT2D eigenvalue weighted by atomic mass is 16.6. The summed E-state index contributed by atoms with van der Waals surface area (Å²) in [6, 6.07) is 0. The molecule has 0 N–H and O–H groups in total. The number of carbonyl (C=O) groups is 4. The largest absolute Gasteiger partial charge is 0.457 e. The minimum atomic E-state index is -1.26. The van der Waals surface area contributed by atoms with Crippen LogP contribution in [0.15, 0.2) is 11.6 Å². The molecule has 0 radical (unpaired) electrons. The standard InChI is InChI=1S/C27H38O6/c1-5-23(30)32-16-22(29)27(33-24(31)6-2)14-11-21-19-8-7-17-15-18(28)9-12-25(17,3)20(19)10-13-26(21,27)4/h10,17,19,21H,5-9,11-16H2,1-4H3/t17-,19-,21+,25+,26+,27+/m1/s1. The maximum Gasteiger partial charge on any atom is 0.306 e. The molecule has 0 amide bonds. The summed E-state index contributed by atoms with van der Waals surface area (Å²) in [6.07, 6.45) is 8.93. The van der Waals surface area contributed by atoms with Gasteiger partial charge in [0.25, 0.3) is 0 Å². The molecular formula is C27H38O6. The van der Waals surface area contributed by atoms with Gasteiger partial charge in [-0.15, -0.1) is 0 Å². The number of ether oxygens (including phenoxy) is 2. The lowest BCUT2D eigenvalue weighted by Crippen LogP contribution is -2.58. The third kappa shape index (κ3) is 3.68. The van der Waals surface area contributed by atoms with E-state index >= 15 is 0 Å². The predicted molar refractivity (Wildman–Crippen MR) is 122 cm³/mol. The molecule has 0 heterocycles. The Morgan fingerprint density at radius 2 is 1.76 bits per heavy atom. The van der Waals surface area contributed by atoms with Gasteiger partial charge in [-0.25, -0.2) is 0 Å². The summed E-state index contributed by atoms with van der Waals surface area (Å²) in [5, 5.41) is 0. The quantitative estimate of drug-likeness (QED) is 0.422. The van der Waals surface area contributed by atoms with Gasteiger partial charge in [-0.05, 0) is 61.7 Å². The fourth-order valence-corrected chi connectivity index (χ4v) is 7.63. The second kappa shape index (κ2) is 8.66. The predicted octanol–water partition coefficient (Wildman–Crippen LogP) is 4.73. The Morgan fingerprint density at radius 1 is 1.03 bits per heavy atom. The van der Waals surface area contributed by atoms with Crippen molar-refractivity contribution >= 4 is 23.5 Å². The van der Waals surface area contributed by atoms with Gasteiger partial charge in [-0.1, -0.05) is 39.3 Å². The summed E-state index contributed by atoms with van der Waals surface area (Å²) in [5.74, 6) is 0.249. The van der Waals surface area contributed by atoms with Crippen molar-refractivity contribution in [3.8, 4) is 0 Å². The molecule has 3 saturated carbocycles. The van der Waals surface area contributed by atoms with Crippen LogP contribution in [-0.2, 0) is 28.7 Å². The summed E-state index contributed by atoms with van der Waals surface area (Å²) < 4.78 is 11.2. The van der Waals surface area contributed by atoms with Gasteiger partial charge in [0.1, 0.15) is 5.78 Å². The third-order valence-electron chi connectivity index (χ3n) is 9.64. The molecule has 182 valence electrons. The molecule has 0 aromatic carbocycles. The van der Waals surface area contributed by atoms with E-state index in [1.54, 1.807) is 13.8 Å². The molecule has 0 spiro atoms. The first-order valence-corrected chi connectivity index (χ1v) is 12.7. The van der Waals surface area contributed by atoms with E-state index < -0.39 is 17.0 Å². The van der Waals surface area contributed by atoms with Gasteiger partial charge >= 0.3 is 11.9 Å². The number of rotatable bonds is 6. The second-order valence-corrected chi connectivity index (χ2v) is 11.1. The van der Waals surface area contributed by atoms with Gasteiger partial charge in [0.05, 0.1) is 0 Å². The number of ketones is 2. The average molecular weight is 459 g/mol. The molecule has 0 aromatic heterocycles. The molecule has 6 nitrogen and oxygen atoms in total. The third-order valence-corrected chi connectivity index (χ3v) is 9.64. The Labute approximate surface area is 196 Å². The molecule has 4 aliphatic carbocycles. The highest BCUT2D eigenvalue weighted by molar-refractivity contribution is 5.93. The highest BCUT2D eigenvalue weighted by Gasteiger charge is 2.67. The van der Waals surface area contributed by atoms with Gasteiger partial charge in [-0.3, -0.25) is 19.2 Å². The topological polar surface area (TPSA) is 86.7 Å². The van der Waals surface area contributed by atoms with Crippen molar-refractivity contribution in [1.29, 1.82) is 0 Å². The minimum Gasteiger partial charge on any atom is -0.457 e. The molecule has 6 heteroatoms. The lowest BCUT2D eigenvalue weighted by atomic mass is 9.48. The smallest absolute Gasteiger partial charge is 0.306 e. The number of hydrogen-bond acceptors (Lipinski definition) is 6. The molecule has 0 bridgehead atoms. The zero-order valence-electron chi connectivity index (χ0n) is 20.5. The number of allylic oxidation sites excluding steroid dienone is 2. The minimum absolute atomic E-state index is 0.0458. The molecule has 0 aliphatic heterocycles. The maximum absolute atomic E-state index is 13.6. The SMILES string of the molecule is CCC(=O)OCC(=O)[C@@]1(OC(=O)CC)CC[C@H]2[C@@H]3CC[C@@H]4CC(=O)CC[C@]4(C)C3=CC[C@@]21C. The molecule has 6 atom stereocenters. The van der Waals surface area contributed by atoms with Crippen LogP contribution in [0.4, 0.5) is 0 Å². The van der Waals surface area contributed by atoms with Crippen LogP contribution < -0.4 is 0 Å². The summed E-state index contributed by atoms with van der Waals surface area (Å²) >= 11 is 0. The zero-order valence-corrected chi connectivity index (χ0v) is 20.5. The van der Waals surface area contributed by atoms with Crippen LogP contribution >= 0.6 is 0 Å². The molecular weight excluding hydrogens is 420 g/mol. The molecule has 0 saturated heterocycles. The lowest BCUT2D eigenvalue weighted by molar-refractivity contribution is -0.186. The Kier molecular flexibility index (Phi) is 6.34. The van der Waals surface area contributed by atoms with Crippen LogP contribution in [0.5, 0.6) is 0 Å². The van der Waals surface area contributed by atoms with E-state index in [1.165, 1.54) is 5.57 Å². The van der Waals surface area contributed by atoms with Crippen molar-refractivity contribution < 1.29 is 28.7 Å². The van der Waals surface area contributed by atoms with Crippen LogP contribution in [0, 0.1) is 28.6 Å². The average Bonchev–Trinajstić information content (AvgIpc) is 3.10. The van der Waals surface area contributed by atoms with E-state index in [9.17, 15) is 19.2 Å². The van der Waals surface area contributed by atoms with Gasteiger partial charge in [0, 0.05) is 31.1 Å². The van der Waals surface area contributed by atoms with E-state index in [1.807, 2.05) is 0 Å². The van der Waals surface area contributed by atoms with E-state index in [0.29, 0.717) is 43.3 Å². The Morgan fingerprint density at radius 3 is 2.45 bits per heavy atom. The molecule has 4 aliphatic rings. The van der Waals surface area contributed by atoms with Crippen molar-refractivity contribution in [3.63, 3.8) is 0 Å². The molecule has 0 unspecified atom stereocenters. The fraction of sp³-hybridized carbons (Fsp3) is 0.778. The van der Waals surface area contributed by atoms with E-state index in [-0.39, 0.29) is 42.5 Å². The zero-order chi connectivity index (χ0) is 24.0. The van der Waals surface area contributed by atoms with Crippen molar-refractivity contribution in [2.75, 3.05) is 6.61 Å². The number of esters is 2. The van der Waals surface area contributed by atoms with Gasteiger partial charge < -0.3 is 9.47 Å². The summed E-state index contributed by atoms with van der Waals surface area (Å²) in [6.45, 7) is 7.50. The van der Waals surface area contributed by atoms with Gasteiger partial charge in [0.15, 0.2) is 12.2 Å². The Hall–Kier alpha value is -1.98. The second-order valence-electron chi connectivity index (χ2n) is 11.1. The number of Topliss-reactive ketones (excluding diaryl/α,β-unsaturated/α-hetero) is 2. The van der Waals surface area contributed by atoms with E-state index in [2.05, 4.69) is 19.9 Å². The molecule has 3 fully saturated rings. The molecule has 0 aromatic rings. The number of carbonyl (C=O) groups excluding carboxylic acids is 4. The monoisotopic (exact) mass is 458 g/mol. The van der Waals surface area contributed by atoms with Crippen LogP contribution in [0.3, 0.4) is 0 Å². The molecule has 33 heavy (non-hydrogen) atoms. The van der Waals surface area contributed by atoms with Crippen LogP contribution in [-0.4, -0.2) is 35.7 Å². The first kappa shape index (κ1) is 24.2.